The molecule has 1 aliphatic carbocycles. The first kappa shape index (κ1) is 17.9. The van der Waals surface area contributed by atoms with Gasteiger partial charge in [-0.15, -0.1) is 0 Å². The summed E-state index contributed by atoms with van der Waals surface area (Å²) in [7, 11) is -3.59. The number of aromatic nitrogens is 1. The van der Waals surface area contributed by atoms with Gasteiger partial charge < -0.3 is 9.88 Å². The number of hydrogen-bond donors (Lipinski definition) is 1. The molecule has 1 saturated carbocycles. The van der Waals surface area contributed by atoms with Gasteiger partial charge in [0.1, 0.15) is 0 Å². The van der Waals surface area contributed by atoms with E-state index in [2.05, 4.69) is 9.88 Å². The highest BCUT2D eigenvalue weighted by Gasteiger charge is 2.40. The van der Waals surface area contributed by atoms with E-state index < -0.39 is 21.0 Å². The molecule has 0 bridgehead atoms. The summed E-state index contributed by atoms with van der Waals surface area (Å²) in [4.78, 5) is 0.258. The van der Waals surface area contributed by atoms with Gasteiger partial charge in [0.15, 0.2) is 9.84 Å². The summed E-state index contributed by atoms with van der Waals surface area (Å²) in [6.07, 6.45) is 3.43. The van der Waals surface area contributed by atoms with Crippen molar-refractivity contribution >= 4 is 20.7 Å². The van der Waals surface area contributed by atoms with Crippen LogP contribution in [0.1, 0.15) is 44.6 Å². The zero-order chi connectivity index (χ0) is 18.4. The minimum Gasteiger partial charge on any atom is -0.344 e. The minimum absolute atomic E-state index is 0.0304. The lowest BCUT2D eigenvalue weighted by atomic mass is 9.96. The van der Waals surface area contributed by atoms with E-state index in [1.165, 1.54) is 0 Å². The van der Waals surface area contributed by atoms with Crippen molar-refractivity contribution in [2.45, 2.75) is 60.6 Å². The molecule has 0 unspecified atom stereocenters. The number of sulfone groups is 1. The van der Waals surface area contributed by atoms with Crippen LogP contribution in [0, 0.1) is 0 Å². The fourth-order valence-corrected chi connectivity index (χ4v) is 6.00. The van der Waals surface area contributed by atoms with Gasteiger partial charge in [-0.3, -0.25) is 0 Å². The SMILES string of the molecule is O=S(=O)(c1ccc2ccn(C3CCNCC3)c2c1)C1CCC(F)(F)CC1. The second-order valence-electron chi connectivity index (χ2n) is 7.53. The van der Waals surface area contributed by atoms with E-state index in [-0.39, 0.29) is 30.6 Å². The molecule has 1 aliphatic heterocycles. The summed E-state index contributed by atoms with van der Waals surface area (Å²) >= 11 is 0. The van der Waals surface area contributed by atoms with Gasteiger partial charge in [0.2, 0.25) is 5.92 Å². The maximum absolute atomic E-state index is 13.4. The number of fused-ring (bicyclic) bond motifs is 1. The molecule has 1 N–H and O–H groups in total. The lowest BCUT2D eigenvalue weighted by Gasteiger charge is -2.28. The Hall–Kier alpha value is -1.47. The van der Waals surface area contributed by atoms with Crippen molar-refractivity contribution in [1.82, 2.24) is 9.88 Å². The van der Waals surface area contributed by atoms with Crippen LogP contribution in [-0.4, -0.2) is 37.2 Å². The molecule has 0 spiro atoms. The smallest absolute Gasteiger partial charge is 0.248 e. The molecule has 4 nitrogen and oxygen atoms in total. The average Bonchev–Trinajstić information content (AvgIpc) is 3.05. The van der Waals surface area contributed by atoms with Crippen LogP contribution in [0.4, 0.5) is 8.78 Å². The molecule has 142 valence electrons. The maximum atomic E-state index is 13.4. The van der Waals surface area contributed by atoms with Gasteiger partial charge in [-0.25, -0.2) is 17.2 Å². The Kier molecular flexibility index (Phi) is 4.55. The van der Waals surface area contributed by atoms with Gasteiger partial charge in [-0.05, 0) is 62.4 Å². The third kappa shape index (κ3) is 3.27. The van der Waals surface area contributed by atoms with E-state index in [1.807, 2.05) is 18.3 Å². The van der Waals surface area contributed by atoms with Crippen molar-refractivity contribution in [3.05, 3.63) is 30.5 Å². The highest BCUT2D eigenvalue weighted by molar-refractivity contribution is 7.92. The van der Waals surface area contributed by atoms with Crippen LogP contribution < -0.4 is 5.32 Å². The summed E-state index contributed by atoms with van der Waals surface area (Å²) < 4.78 is 54.9. The summed E-state index contributed by atoms with van der Waals surface area (Å²) in [5, 5.41) is 3.64. The second-order valence-corrected chi connectivity index (χ2v) is 9.75. The standard InChI is InChI=1S/C19H24F2N2O2S/c20-19(21)8-3-16(4-9-19)26(24,25)17-2-1-14-7-12-23(18(14)13-17)15-5-10-22-11-6-15/h1-2,7,12-13,15-16,22H,3-6,8-11H2. The molecular formula is C19H24F2N2O2S. The fraction of sp³-hybridized carbons (Fsp3) is 0.579. The number of hydrogen-bond acceptors (Lipinski definition) is 3. The van der Waals surface area contributed by atoms with E-state index in [1.54, 1.807) is 12.1 Å². The normalized spacial score (nSPS) is 22.7. The molecule has 1 aromatic heterocycles. The number of piperidine rings is 1. The van der Waals surface area contributed by atoms with Crippen LogP contribution >= 0.6 is 0 Å². The van der Waals surface area contributed by atoms with Crippen molar-refractivity contribution in [3.63, 3.8) is 0 Å². The minimum atomic E-state index is -3.59. The molecule has 2 heterocycles. The third-order valence-corrected chi connectivity index (χ3v) is 8.09. The van der Waals surface area contributed by atoms with Gasteiger partial charge in [-0.1, -0.05) is 6.07 Å². The molecule has 26 heavy (non-hydrogen) atoms. The summed E-state index contributed by atoms with van der Waals surface area (Å²) in [6.45, 7) is 1.91. The first-order valence-corrected chi connectivity index (χ1v) is 10.8. The van der Waals surface area contributed by atoms with Crippen molar-refractivity contribution in [3.8, 4) is 0 Å². The van der Waals surface area contributed by atoms with Crippen molar-refractivity contribution in [1.29, 1.82) is 0 Å². The molecule has 0 amide bonds. The highest BCUT2D eigenvalue weighted by Crippen LogP contribution is 2.38. The number of rotatable bonds is 3. The third-order valence-electron chi connectivity index (χ3n) is 5.83. The van der Waals surface area contributed by atoms with Crippen LogP contribution in [0.15, 0.2) is 35.4 Å². The van der Waals surface area contributed by atoms with Crippen molar-refractivity contribution in [2.75, 3.05) is 13.1 Å². The summed E-state index contributed by atoms with van der Waals surface area (Å²) in [6, 6.07) is 7.56. The van der Waals surface area contributed by atoms with E-state index in [0.717, 1.165) is 36.8 Å². The van der Waals surface area contributed by atoms with E-state index >= 15 is 0 Å². The lowest BCUT2D eigenvalue weighted by Crippen LogP contribution is -2.32. The molecule has 2 aromatic rings. The Morgan fingerprint density at radius 2 is 1.73 bits per heavy atom. The Balaban J connectivity index is 1.66. The van der Waals surface area contributed by atoms with E-state index in [9.17, 15) is 17.2 Å². The van der Waals surface area contributed by atoms with Gasteiger partial charge in [-0.2, -0.15) is 0 Å². The lowest BCUT2D eigenvalue weighted by molar-refractivity contribution is -0.0328. The highest BCUT2D eigenvalue weighted by atomic mass is 32.2. The molecular weight excluding hydrogens is 358 g/mol. The molecule has 7 heteroatoms. The first-order chi connectivity index (χ1) is 12.4. The molecule has 2 fully saturated rings. The maximum Gasteiger partial charge on any atom is 0.248 e. The van der Waals surface area contributed by atoms with E-state index in [0.29, 0.717) is 6.04 Å². The van der Waals surface area contributed by atoms with E-state index in [4.69, 9.17) is 0 Å². The van der Waals surface area contributed by atoms with Crippen LogP contribution in [0.2, 0.25) is 0 Å². The van der Waals surface area contributed by atoms with Crippen LogP contribution in [0.5, 0.6) is 0 Å². The summed E-state index contributed by atoms with van der Waals surface area (Å²) in [5.74, 6) is -2.72. The monoisotopic (exact) mass is 382 g/mol. The van der Waals surface area contributed by atoms with Crippen LogP contribution in [0.3, 0.4) is 0 Å². The molecule has 0 radical (unpaired) electrons. The first-order valence-electron chi connectivity index (χ1n) is 9.30. The van der Waals surface area contributed by atoms with Crippen molar-refractivity contribution in [2.24, 2.45) is 0 Å². The Morgan fingerprint density at radius 3 is 2.42 bits per heavy atom. The second kappa shape index (κ2) is 6.60. The number of alkyl halides is 2. The zero-order valence-electron chi connectivity index (χ0n) is 14.6. The number of halogens is 2. The molecule has 2 aliphatic rings. The van der Waals surface area contributed by atoms with Crippen LogP contribution in [-0.2, 0) is 9.84 Å². The average molecular weight is 382 g/mol. The molecule has 4 rings (SSSR count). The van der Waals surface area contributed by atoms with Crippen LogP contribution in [0.25, 0.3) is 10.9 Å². The Bertz CT molecular complexity index is 891. The predicted molar refractivity (Wildman–Crippen MR) is 97.5 cm³/mol. The largest absolute Gasteiger partial charge is 0.344 e. The van der Waals surface area contributed by atoms with Gasteiger partial charge in [0.25, 0.3) is 0 Å². The predicted octanol–water partition coefficient (Wildman–Crippen LogP) is 3.92. The molecule has 1 saturated heterocycles. The summed E-state index contributed by atoms with van der Waals surface area (Å²) in [5.41, 5.74) is 0.916. The zero-order valence-corrected chi connectivity index (χ0v) is 15.4. The fourth-order valence-electron chi connectivity index (χ4n) is 4.23. The van der Waals surface area contributed by atoms with Gasteiger partial charge in [0, 0.05) is 30.6 Å². The van der Waals surface area contributed by atoms with Gasteiger partial charge in [0.05, 0.1) is 10.1 Å². The Morgan fingerprint density at radius 1 is 1.04 bits per heavy atom. The number of nitrogens with zero attached hydrogens (tertiary/aromatic N) is 1. The topological polar surface area (TPSA) is 51.1 Å². The molecule has 1 aromatic carbocycles. The Labute approximate surface area is 152 Å². The van der Waals surface area contributed by atoms with Gasteiger partial charge >= 0.3 is 0 Å². The number of nitrogens with one attached hydrogen (secondary N) is 1. The number of benzene rings is 1. The molecule has 0 atom stereocenters. The quantitative estimate of drug-likeness (QED) is 0.875. The van der Waals surface area contributed by atoms with Crippen molar-refractivity contribution < 1.29 is 17.2 Å².